The summed E-state index contributed by atoms with van der Waals surface area (Å²) in [4.78, 5) is 10.6. The Balaban J connectivity index is 3.03. The first-order valence-corrected chi connectivity index (χ1v) is 5.45. The zero-order chi connectivity index (χ0) is 11.6. The van der Waals surface area contributed by atoms with Gasteiger partial charge in [-0.05, 0) is 36.6 Å². The first kappa shape index (κ1) is 12.2. The molecule has 0 radical (unpaired) electrons. The Hall–Kier alpha value is -0.870. The molecule has 4 heteroatoms. The molecule has 0 aromatic heterocycles. The van der Waals surface area contributed by atoms with Crippen LogP contribution in [-0.2, 0) is 4.79 Å². The number of halogens is 1. The summed E-state index contributed by atoms with van der Waals surface area (Å²) in [5.41, 5.74) is 8.85. The zero-order valence-electron chi connectivity index (χ0n) is 8.75. The first-order chi connectivity index (χ1) is 6.91. The van der Waals surface area contributed by atoms with E-state index in [2.05, 4.69) is 15.9 Å². The van der Waals surface area contributed by atoms with Gasteiger partial charge < -0.3 is 10.8 Å². The highest BCUT2D eigenvalue weighted by Gasteiger charge is 2.14. The standard InChI is InChI=1S/C11H14BrNO2/c1-6-3-7(2)9(12)4-8(6)10(13)5-11(14)15/h3-4,10H,5,13H2,1-2H3,(H,14,15). The predicted octanol–water partition coefficient (Wildman–Crippen LogP) is 2.54. The van der Waals surface area contributed by atoms with Gasteiger partial charge in [-0.3, -0.25) is 4.79 Å². The summed E-state index contributed by atoms with van der Waals surface area (Å²) >= 11 is 3.41. The average Bonchev–Trinajstić information content (AvgIpc) is 2.09. The summed E-state index contributed by atoms with van der Waals surface area (Å²) in [6.45, 7) is 3.93. The molecule has 0 fully saturated rings. The molecule has 0 spiro atoms. The Morgan fingerprint density at radius 1 is 1.47 bits per heavy atom. The molecule has 0 amide bonds. The number of hydrogen-bond donors (Lipinski definition) is 2. The molecule has 3 N–H and O–H groups in total. The molecule has 1 rings (SSSR count). The Kier molecular flexibility index (Phi) is 3.88. The molecule has 3 nitrogen and oxygen atoms in total. The molecule has 0 bridgehead atoms. The van der Waals surface area contributed by atoms with Gasteiger partial charge in [0.15, 0.2) is 0 Å². The maximum atomic E-state index is 10.6. The summed E-state index contributed by atoms with van der Waals surface area (Å²) in [5.74, 6) is -0.876. The predicted molar refractivity (Wildman–Crippen MR) is 62.8 cm³/mol. The first-order valence-electron chi connectivity index (χ1n) is 4.66. The molecule has 1 unspecified atom stereocenters. The number of benzene rings is 1. The fourth-order valence-electron chi connectivity index (χ4n) is 1.54. The van der Waals surface area contributed by atoms with Crippen LogP contribution in [0.4, 0.5) is 0 Å². The summed E-state index contributed by atoms with van der Waals surface area (Å²) in [5, 5.41) is 8.67. The van der Waals surface area contributed by atoms with Crippen molar-refractivity contribution in [1.29, 1.82) is 0 Å². The van der Waals surface area contributed by atoms with E-state index >= 15 is 0 Å². The van der Waals surface area contributed by atoms with Gasteiger partial charge in [0, 0.05) is 10.5 Å². The lowest BCUT2D eigenvalue weighted by Gasteiger charge is -2.14. The number of nitrogens with two attached hydrogens (primary N) is 1. The number of carbonyl (C=O) groups is 1. The zero-order valence-corrected chi connectivity index (χ0v) is 10.3. The van der Waals surface area contributed by atoms with Crippen LogP contribution in [0.5, 0.6) is 0 Å². The molecule has 82 valence electrons. The Bertz CT molecular complexity index is 390. The summed E-state index contributed by atoms with van der Waals surface area (Å²) in [7, 11) is 0. The minimum Gasteiger partial charge on any atom is -0.481 e. The van der Waals surface area contributed by atoms with Crippen LogP contribution in [0.2, 0.25) is 0 Å². The smallest absolute Gasteiger partial charge is 0.305 e. The molecule has 0 saturated heterocycles. The van der Waals surface area contributed by atoms with Gasteiger partial charge in [0.1, 0.15) is 0 Å². The van der Waals surface area contributed by atoms with Crippen LogP contribution < -0.4 is 5.73 Å². The quantitative estimate of drug-likeness (QED) is 0.888. The maximum absolute atomic E-state index is 10.6. The molecule has 0 aliphatic heterocycles. The van der Waals surface area contributed by atoms with Crippen LogP contribution in [0.25, 0.3) is 0 Å². The van der Waals surface area contributed by atoms with Crippen molar-refractivity contribution in [3.63, 3.8) is 0 Å². The number of rotatable bonds is 3. The molecule has 0 saturated carbocycles. The number of aryl methyl sites for hydroxylation is 2. The van der Waals surface area contributed by atoms with Crippen molar-refractivity contribution in [3.8, 4) is 0 Å². The molecule has 1 aromatic carbocycles. The average molecular weight is 272 g/mol. The molecule has 0 heterocycles. The highest BCUT2D eigenvalue weighted by molar-refractivity contribution is 9.10. The SMILES string of the molecule is Cc1cc(C)c(C(N)CC(=O)O)cc1Br. The van der Waals surface area contributed by atoms with Crippen LogP contribution >= 0.6 is 15.9 Å². The Morgan fingerprint density at radius 3 is 2.60 bits per heavy atom. The Morgan fingerprint density at radius 2 is 2.07 bits per heavy atom. The van der Waals surface area contributed by atoms with Gasteiger partial charge in [-0.1, -0.05) is 22.0 Å². The van der Waals surface area contributed by atoms with Gasteiger partial charge in [0.25, 0.3) is 0 Å². The maximum Gasteiger partial charge on any atom is 0.305 e. The highest BCUT2D eigenvalue weighted by Crippen LogP contribution is 2.25. The molecule has 0 aliphatic carbocycles. The van der Waals surface area contributed by atoms with Gasteiger partial charge in [-0.15, -0.1) is 0 Å². The minimum absolute atomic E-state index is 0.0453. The number of aliphatic carboxylic acids is 1. The molecular weight excluding hydrogens is 258 g/mol. The van der Waals surface area contributed by atoms with Crippen molar-refractivity contribution in [2.75, 3.05) is 0 Å². The molecular formula is C11H14BrNO2. The third-order valence-electron chi connectivity index (χ3n) is 2.34. The van der Waals surface area contributed by atoms with E-state index in [9.17, 15) is 4.79 Å². The molecule has 1 atom stereocenters. The van der Waals surface area contributed by atoms with Crippen LogP contribution in [0.1, 0.15) is 29.2 Å². The normalized spacial score (nSPS) is 12.5. The van der Waals surface area contributed by atoms with E-state index < -0.39 is 12.0 Å². The second-order valence-electron chi connectivity index (χ2n) is 3.66. The summed E-state index contributed by atoms with van der Waals surface area (Å²) in [6.07, 6.45) is -0.0453. The van der Waals surface area contributed by atoms with Crippen LogP contribution in [0.15, 0.2) is 16.6 Å². The third kappa shape index (κ3) is 3.04. The fraction of sp³-hybridized carbons (Fsp3) is 0.364. The van der Waals surface area contributed by atoms with E-state index in [1.807, 2.05) is 26.0 Å². The lowest BCUT2D eigenvalue weighted by molar-refractivity contribution is -0.137. The summed E-state index contributed by atoms with van der Waals surface area (Å²) in [6, 6.07) is 3.46. The number of carboxylic acid groups (broad SMARTS) is 1. The van der Waals surface area contributed by atoms with Crippen molar-refractivity contribution >= 4 is 21.9 Å². The second-order valence-corrected chi connectivity index (χ2v) is 4.52. The van der Waals surface area contributed by atoms with E-state index in [0.29, 0.717) is 0 Å². The molecule has 1 aromatic rings. The van der Waals surface area contributed by atoms with Crippen molar-refractivity contribution in [1.82, 2.24) is 0 Å². The third-order valence-corrected chi connectivity index (χ3v) is 3.20. The van der Waals surface area contributed by atoms with Crippen LogP contribution in [-0.4, -0.2) is 11.1 Å². The lowest BCUT2D eigenvalue weighted by Crippen LogP contribution is -2.16. The van der Waals surface area contributed by atoms with Crippen molar-refractivity contribution in [2.45, 2.75) is 26.3 Å². The Labute approximate surface area is 97.4 Å². The van der Waals surface area contributed by atoms with E-state index in [1.165, 1.54) is 0 Å². The fourth-order valence-corrected chi connectivity index (χ4v) is 1.90. The van der Waals surface area contributed by atoms with E-state index in [0.717, 1.165) is 21.2 Å². The van der Waals surface area contributed by atoms with Gasteiger partial charge in [-0.2, -0.15) is 0 Å². The van der Waals surface area contributed by atoms with E-state index in [1.54, 1.807) is 0 Å². The van der Waals surface area contributed by atoms with Crippen molar-refractivity contribution in [2.24, 2.45) is 5.73 Å². The molecule has 15 heavy (non-hydrogen) atoms. The van der Waals surface area contributed by atoms with Gasteiger partial charge in [0.05, 0.1) is 6.42 Å². The molecule has 0 aliphatic rings. The highest BCUT2D eigenvalue weighted by atomic mass is 79.9. The monoisotopic (exact) mass is 271 g/mol. The van der Waals surface area contributed by atoms with Gasteiger partial charge >= 0.3 is 5.97 Å². The largest absolute Gasteiger partial charge is 0.481 e. The lowest BCUT2D eigenvalue weighted by atomic mass is 9.98. The second kappa shape index (κ2) is 4.77. The van der Waals surface area contributed by atoms with Crippen molar-refractivity contribution < 1.29 is 9.90 Å². The van der Waals surface area contributed by atoms with Gasteiger partial charge in [-0.25, -0.2) is 0 Å². The summed E-state index contributed by atoms with van der Waals surface area (Å²) < 4.78 is 0.962. The van der Waals surface area contributed by atoms with Gasteiger partial charge in [0.2, 0.25) is 0 Å². The minimum atomic E-state index is -0.876. The number of hydrogen-bond acceptors (Lipinski definition) is 2. The van der Waals surface area contributed by atoms with E-state index in [-0.39, 0.29) is 6.42 Å². The van der Waals surface area contributed by atoms with E-state index in [4.69, 9.17) is 10.8 Å². The topological polar surface area (TPSA) is 63.3 Å². The van der Waals surface area contributed by atoms with Crippen LogP contribution in [0, 0.1) is 13.8 Å². The number of carboxylic acids is 1. The van der Waals surface area contributed by atoms with Crippen molar-refractivity contribution in [3.05, 3.63) is 33.3 Å². The van der Waals surface area contributed by atoms with Crippen LogP contribution in [0.3, 0.4) is 0 Å².